The molecule has 13 heavy (non-hydrogen) atoms. The summed E-state index contributed by atoms with van der Waals surface area (Å²) in [4.78, 5) is 7.43. The van der Waals surface area contributed by atoms with E-state index in [0.29, 0.717) is 10.7 Å². The molecule has 64 valence electrons. The first-order valence-electron chi connectivity index (χ1n) is 3.84. The fourth-order valence-corrected chi connectivity index (χ4v) is 1.23. The molecule has 0 aromatic heterocycles. The lowest BCUT2D eigenvalue weighted by Gasteiger charge is -2.05. The van der Waals surface area contributed by atoms with Crippen LogP contribution in [0.2, 0.25) is 0 Å². The predicted molar refractivity (Wildman–Crippen MR) is 42.8 cm³/mol. The van der Waals surface area contributed by atoms with E-state index >= 15 is 0 Å². The second kappa shape index (κ2) is 2.63. The van der Waals surface area contributed by atoms with Crippen molar-refractivity contribution in [1.82, 2.24) is 0 Å². The van der Waals surface area contributed by atoms with Crippen molar-refractivity contribution >= 4 is 0 Å². The molecule has 0 aliphatic carbocycles. The van der Waals surface area contributed by atoms with E-state index in [1.807, 2.05) is 0 Å². The number of fused-ring (bicyclic) bond motifs is 1. The molecule has 0 N–H and O–H groups in total. The van der Waals surface area contributed by atoms with Gasteiger partial charge in [-0.2, -0.15) is 9.65 Å². The highest BCUT2D eigenvalue weighted by Gasteiger charge is 2.29. The highest BCUT2D eigenvalue weighted by atomic mass is 19.1. The van der Waals surface area contributed by atoms with Gasteiger partial charge in [-0.3, -0.25) is 0 Å². The maximum Gasteiger partial charge on any atom is 0.308 e. The summed E-state index contributed by atoms with van der Waals surface area (Å²) < 4.78 is 13.5. The van der Waals surface area contributed by atoms with E-state index in [4.69, 9.17) is 5.26 Å². The number of nitriles is 1. The molecule has 0 atom stereocenters. The Morgan fingerprint density at radius 3 is 2.31 bits per heavy atom. The summed E-state index contributed by atoms with van der Waals surface area (Å²) in [6, 6.07) is 8.60. The van der Waals surface area contributed by atoms with Crippen molar-refractivity contribution in [2.24, 2.45) is 9.98 Å². The zero-order chi connectivity index (χ0) is 9.31. The van der Waals surface area contributed by atoms with Gasteiger partial charge in [-0.15, -0.1) is 0 Å². The van der Waals surface area contributed by atoms with Crippen LogP contribution in [0.1, 0.15) is 6.42 Å². The van der Waals surface area contributed by atoms with E-state index < -0.39 is 5.92 Å². The third-order valence-electron chi connectivity index (χ3n) is 1.77. The Bertz CT molecular complexity index is 451. The predicted octanol–water partition coefficient (Wildman–Crippen LogP) is 0.476. The lowest BCUT2D eigenvalue weighted by Crippen LogP contribution is -2.19. The maximum atomic E-state index is 13.5. The molecular weight excluding hydrogens is 169 g/mol. The minimum atomic E-state index is -2.06. The van der Waals surface area contributed by atoms with Gasteiger partial charge in [0.1, 0.15) is 6.42 Å². The smallest absolute Gasteiger partial charge is 0.222 e. The Morgan fingerprint density at radius 1 is 1.31 bits per heavy atom. The van der Waals surface area contributed by atoms with Crippen LogP contribution in [-0.2, 0) is 0 Å². The largest absolute Gasteiger partial charge is 0.308 e. The topological polar surface area (TPSA) is 48.5 Å². The fourth-order valence-electron chi connectivity index (χ4n) is 1.23. The van der Waals surface area contributed by atoms with Gasteiger partial charge in [-0.25, -0.2) is 9.98 Å². The van der Waals surface area contributed by atoms with Crippen molar-refractivity contribution in [1.29, 1.82) is 5.26 Å². The summed E-state index contributed by atoms with van der Waals surface area (Å²) in [5.74, 6) is -2.06. The normalized spacial score (nSPS) is 16.6. The Kier molecular flexibility index (Phi) is 1.59. The fraction of sp³-hybridized carbons (Fsp3) is 0.222. The van der Waals surface area contributed by atoms with E-state index in [1.54, 1.807) is 30.3 Å². The van der Waals surface area contributed by atoms with Crippen LogP contribution in [0.25, 0.3) is 0 Å². The summed E-state index contributed by atoms with van der Waals surface area (Å²) in [7, 11) is 0. The first-order chi connectivity index (χ1) is 6.23. The van der Waals surface area contributed by atoms with Crippen molar-refractivity contribution in [3.05, 3.63) is 35.0 Å². The average molecular weight is 175 g/mol. The van der Waals surface area contributed by atoms with Crippen molar-refractivity contribution in [3.8, 4) is 6.07 Å². The van der Waals surface area contributed by atoms with Crippen LogP contribution in [-0.4, -0.2) is 5.92 Å². The van der Waals surface area contributed by atoms with Gasteiger partial charge in [-0.05, 0) is 12.1 Å². The molecule has 0 saturated heterocycles. The van der Waals surface area contributed by atoms with Crippen molar-refractivity contribution in [3.63, 3.8) is 0 Å². The second-order valence-corrected chi connectivity index (χ2v) is 2.77. The maximum absolute atomic E-state index is 13.5. The van der Waals surface area contributed by atoms with Crippen LogP contribution in [0.3, 0.4) is 0 Å². The van der Waals surface area contributed by atoms with Crippen LogP contribution in [0.5, 0.6) is 0 Å². The summed E-state index contributed by atoms with van der Waals surface area (Å²) in [6.07, 6.45) is -0.332. The first kappa shape index (κ1) is 7.87. The molecule has 0 fully saturated rings. The Hall–Kier alpha value is -1.76. The summed E-state index contributed by atoms with van der Waals surface area (Å²) in [5.41, 5.74) is 0. The molecule has 3 nitrogen and oxygen atoms in total. The number of para-hydroxylation sites is 2. The number of halogens is 1. The minimum Gasteiger partial charge on any atom is -0.222 e. The SMILES string of the molecule is N#CCC1(F)N=c2ccccc2=N1. The molecule has 2 rings (SSSR count). The van der Waals surface area contributed by atoms with Gasteiger partial charge in [0, 0.05) is 0 Å². The Balaban J connectivity index is 2.58. The van der Waals surface area contributed by atoms with Crippen molar-refractivity contribution in [2.45, 2.75) is 12.3 Å². The molecule has 1 aliphatic rings. The van der Waals surface area contributed by atoms with Crippen LogP contribution >= 0.6 is 0 Å². The molecule has 0 bridgehead atoms. The lowest BCUT2D eigenvalue weighted by atomic mass is 10.3. The van der Waals surface area contributed by atoms with Gasteiger partial charge in [0.15, 0.2) is 0 Å². The molecule has 1 aliphatic heterocycles. The Labute approximate surface area is 73.9 Å². The molecule has 0 radical (unpaired) electrons. The van der Waals surface area contributed by atoms with Gasteiger partial charge in [0.25, 0.3) is 0 Å². The molecule has 0 unspecified atom stereocenters. The van der Waals surface area contributed by atoms with Crippen LogP contribution in [0.4, 0.5) is 4.39 Å². The highest BCUT2D eigenvalue weighted by Crippen LogP contribution is 2.19. The third kappa shape index (κ3) is 1.29. The zero-order valence-corrected chi connectivity index (χ0v) is 6.74. The molecule has 1 heterocycles. The summed E-state index contributed by atoms with van der Waals surface area (Å²) in [6.45, 7) is 0. The van der Waals surface area contributed by atoms with E-state index in [2.05, 4.69) is 9.98 Å². The van der Waals surface area contributed by atoms with E-state index in [0.717, 1.165) is 0 Å². The van der Waals surface area contributed by atoms with Gasteiger partial charge in [0.05, 0.1) is 16.8 Å². The second-order valence-electron chi connectivity index (χ2n) is 2.77. The standard InChI is InChI=1S/C9H6FN3/c10-9(5-6-11)12-7-3-1-2-4-8(7)13-9/h1-4H,5H2. The van der Waals surface area contributed by atoms with Gasteiger partial charge >= 0.3 is 5.92 Å². The summed E-state index contributed by atoms with van der Waals surface area (Å²) in [5, 5.41) is 9.39. The number of rotatable bonds is 1. The molecule has 1 aromatic carbocycles. The molecule has 4 heteroatoms. The molecule has 0 amide bonds. The van der Waals surface area contributed by atoms with E-state index in [-0.39, 0.29) is 6.42 Å². The van der Waals surface area contributed by atoms with Crippen LogP contribution in [0, 0.1) is 11.3 Å². The van der Waals surface area contributed by atoms with E-state index in [1.165, 1.54) is 0 Å². The van der Waals surface area contributed by atoms with Gasteiger partial charge in [-0.1, -0.05) is 12.1 Å². The van der Waals surface area contributed by atoms with Crippen LogP contribution in [0.15, 0.2) is 34.3 Å². The lowest BCUT2D eigenvalue weighted by molar-refractivity contribution is 0.193. The minimum absolute atomic E-state index is 0.332. The van der Waals surface area contributed by atoms with Crippen LogP contribution < -0.4 is 10.7 Å². The third-order valence-corrected chi connectivity index (χ3v) is 1.77. The average Bonchev–Trinajstić information content (AvgIpc) is 2.40. The van der Waals surface area contributed by atoms with E-state index in [9.17, 15) is 4.39 Å². The molecule has 1 aromatic rings. The van der Waals surface area contributed by atoms with Gasteiger partial charge in [0.2, 0.25) is 0 Å². The molecular formula is C9H6FN3. The highest BCUT2D eigenvalue weighted by molar-refractivity contribution is 5.06. The Morgan fingerprint density at radius 2 is 1.85 bits per heavy atom. The monoisotopic (exact) mass is 175 g/mol. The number of benzene rings is 1. The van der Waals surface area contributed by atoms with Crippen molar-refractivity contribution < 1.29 is 4.39 Å². The number of hydrogen-bond donors (Lipinski definition) is 0. The first-order valence-corrected chi connectivity index (χ1v) is 3.84. The zero-order valence-electron chi connectivity index (χ0n) is 6.74. The number of nitrogens with zero attached hydrogens (tertiary/aromatic N) is 3. The van der Waals surface area contributed by atoms with Crippen molar-refractivity contribution in [2.75, 3.05) is 0 Å². The van der Waals surface area contributed by atoms with Gasteiger partial charge < -0.3 is 0 Å². The summed E-state index contributed by atoms with van der Waals surface area (Å²) >= 11 is 0. The molecule has 0 spiro atoms. The molecule has 0 saturated carbocycles. The quantitative estimate of drug-likeness (QED) is 0.572. The number of hydrogen-bond acceptors (Lipinski definition) is 3. The number of alkyl halides is 1.